The molecule has 2 aromatic heterocycles. The summed E-state index contributed by atoms with van der Waals surface area (Å²) in [5, 5.41) is 2.04. The van der Waals surface area contributed by atoms with Gasteiger partial charge in [0.1, 0.15) is 0 Å². The first-order chi connectivity index (χ1) is 10.5. The molecule has 0 N–H and O–H groups in total. The zero-order valence-corrected chi connectivity index (χ0v) is 15.5. The lowest BCUT2D eigenvalue weighted by atomic mass is 10.1. The maximum atomic E-state index is 6.02. The van der Waals surface area contributed by atoms with Crippen LogP contribution < -0.4 is 0 Å². The number of pyridine rings is 1. The van der Waals surface area contributed by atoms with Gasteiger partial charge in [-0.25, -0.2) is 0 Å². The quantitative estimate of drug-likeness (QED) is 0.563. The molecule has 0 bridgehead atoms. The Morgan fingerprint density at radius 3 is 2.35 bits per heavy atom. The highest BCUT2D eigenvalue weighted by Gasteiger charge is 2.16. The van der Waals surface area contributed by atoms with Crippen molar-refractivity contribution in [2.45, 2.75) is 34.2 Å². The van der Waals surface area contributed by atoms with Gasteiger partial charge >= 0.3 is 0 Å². The maximum absolute atomic E-state index is 6.02. The Morgan fingerprint density at radius 1 is 1.09 bits per heavy atom. The van der Waals surface area contributed by atoms with E-state index in [2.05, 4.69) is 43.3 Å². The van der Waals surface area contributed by atoms with Crippen LogP contribution in [-0.4, -0.2) is 9.55 Å². The topological polar surface area (TPSA) is 17.8 Å². The first kappa shape index (κ1) is 17.8. The van der Waals surface area contributed by atoms with Crippen LogP contribution in [0, 0.1) is 19.8 Å². The molecule has 0 aliphatic heterocycles. The van der Waals surface area contributed by atoms with Gasteiger partial charge in [-0.2, -0.15) is 0 Å². The van der Waals surface area contributed by atoms with Crippen molar-refractivity contribution in [3.8, 4) is 11.3 Å². The molecule has 0 radical (unpaired) electrons. The Kier molecular flexibility index (Phi) is 5.38. The predicted octanol–water partition coefficient (Wildman–Crippen LogP) is 6.05. The van der Waals surface area contributed by atoms with Gasteiger partial charge in [0.05, 0.1) is 11.2 Å². The third-order valence-corrected chi connectivity index (χ3v) is 4.46. The van der Waals surface area contributed by atoms with Crippen LogP contribution in [0.2, 0.25) is 5.02 Å². The van der Waals surface area contributed by atoms with Crippen LogP contribution in [0.1, 0.15) is 25.1 Å². The zero-order valence-electron chi connectivity index (χ0n) is 13.9. The molecule has 0 saturated carbocycles. The fraction of sp³-hybridized carbons (Fsp3) is 0.316. The van der Waals surface area contributed by atoms with Crippen LogP contribution in [0.15, 0.2) is 36.5 Å². The van der Waals surface area contributed by atoms with Gasteiger partial charge in [-0.15, -0.1) is 12.4 Å². The van der Waals surface area contributed by atoms with Crippen LogP contribution >= 0.6 is 24.0 Å². The summed E-state index contributed by atoms with van der Waals surface area (Å²) >= 11 is 6.02. The van der Waals surface area contributed by atoms with Gasteiger partial charge in [-0.05, 0) is 43.5 Å². The lowest BCUT2D eigenvalue weighted by molar-refractivity contribution is 0.527. The number of nitrogens with zero attached hydrogens (tertiary/aromatic N) is 2. The largest absolute Gasteiger partial charge is 0.343 e. The number of benzene rings is 1. The summed E-state index contributed by atoms with van der Waals surface area (Å²) in [5.74, 6) is 0.590. The molecule has 1 aromatic carbocycles. The van der Waals surface area contributed by atoms with E-state index in [-0.39, 0.29) is 12.4 Å². The molecule has 0 atom stereocenters. The number of halogens is 2. The smallest absolute Gasteiger partial charge is 0.0944 e. The van der Waals surface area contributed by atoms with Crippen molar-refractivity contribution in [3.63, 3.8) is 0 Å². The van der Waals surface area contributed by atoms with E-state index in [1.807, 2.05) is 30.5 Å². The van der Waals surface area contributed by atoms with Crippen LogP contribution in [0.4, 0.5) is 0 Å². The molecule has 0 saturated heterocycles. The van der Waals surface area contributed by atoms with Gasteiger partial charge in [0.25, 0.3) is 0 Å². The summed E-state index contributed by atoms with van der Waals surface area (Å²) in [4.78, 5) is 4.67. The molecular weight excluding hydrogens is 327 g/mol. The minimum atomic E-state index is 0. The Labute approximate surface area is 148 Å². The standard InChI is InChI=1S/C19H21ClN2.ClH/c1-12(2)11-22-14(4)13(3)17-9-10-21-18(19(17)22)15-5-7-16(20)8-6-15;/h5-10,12H,11H2,1-4H3;1H. The maximum Gasteiger partial charge on any atom is 0.0944 e. The number of fused-ring (bicyclic) bond motifs is 1. The molecule has 0 unspecified atom stereocenters. The molecule has 0 fully saturated rings. The fourth-order valence-electron chi connectivity index (χ4n) is 3.01. The van der Waals surface area contributed by atoms with Crippen LogP contribution in [0.3, 0.4) is 0 Å². The highest BCUT2D eigenvalue weighted by atomic mass is 35.5. The van der Waals surface area contributed by atoms with E-state index in [0.717, 1.165) is 22.8 Å². The second kappa shape index (κ2) is 6.94. The van der Waals surface area contributed by atoms with Gasteiger partial charge in [-0.1, -0.05) is 37.6 Å². The first-order valence-corrected chi connectivity index (χ1v) is 8.07. The number of hydrogen-bond acceptors (Lipinski definition) is 1. The van der Waals surface area contributed by atoms with Gasteiger partial charge in [-0.3, -0.25) is 4.98 Å². The molecule has 2 nitrogen and oxygen atoms in total. The Bertz CT molecular complexity index is 817. The lowest BCUT2D eigenvalue weighted by Crippen LogP contribution is -2.07. The molecule has 0 aliphatic rings. The van der Waals surface area contributed by atoms with E-state index < -0.39 is 0 Å². The molecule has 0 spiro atoms. The molecule has 0 aliphatic carbocycles. The normalized spacial score (nSPS) is 11.0. The lowest BCUT2D eigenvalue weighted by Gasteiger charge is -2.13. The van der Waals surface area contributed by atoms with E-state index in [4.69, 9.17) is 11.6 Å². The van der Waals surface area contributed by atoms with Crippen LogP contribution in [0.5, 0.6) is 0 Å². The molecule has 122 valence electrons. The molecule has 0 amide bonds. The van der Waals surface area contributed by atoms with Gasteiger partial charge < -0.3 is 4.57 Å². The summed E-state index contributed by atoms with van der Waals surface area (Å²) in [6.45, 7) is 9.89. The molecule has 3 rings (SSSR count). The second-order valence-electron chi connectivity index (χ2n) is 6.28. The number of aromatic nitrogens is 2. The fourth-order valence-corrected chi connectivity index (χ4v) is 3.13. The van der Waals surface area contributed by atoms with E-state index >= 15 is 0 Å². The highest BCUT2D eigenvalue weighted by molar-refractivity contribution is 6.30. The Morgan fingerprint density at radius 2 is 1.74 bits per heavy atom. The van der Waals surface area contributed by atoms with Crippen molar-refractivity contribution in [1.82, 2.24) is 9.55 Å². The second-order valence-corrected chi connectivity index (χ2v) is 6.71. The summed E-state index contributed by atoms with van der Waals surface area (Å²) < 4.78 is 2.41. The molecule has 23 heavy (non-hydrogen) atoms. The Hall–Kier alpha value is -1.51. The molecule has 3 aromatic rings. The third kappa shape index (κ3) is 3.24. The summed E-state index contributed by atoms with van der Waals surface area (Å²) in [6, 6.07) is 10.1. The number of hydrogen-bond donors (Lipinski definition) is 0. The average molecular weight is 349 g/mol. The Balaban J connectivity index is 0.00000192. The van der Waals surface area contributed by atoms with Crippen molar-refractivity contribution in [2.75, 3.05) is 0 Å². The minimum absolute atomic E-state index is 0. The number of rotatable bonds is 3. The predicted molar refractivity (Wildman–Crippen MR) is 102 cm³/mol. The van der Waals surface area contributed by atoms with Crippen molar-refractivity contribution in [1.29, 1.82) is 0 Å². The number of aryl methyl sites for hydroxylation is 1. The van der Waals surface area contributed by atoms with Crippen molar-refractivity contribution in [3.05, 3.63) is 52.8 Å². The van der Waals surface area contributed by atoms with E-state index in [9.17, 15) is 0 Å². The monoisotopic (exact) mass is 348 g/mol. The van der Waals surface area contributed by atoms with E-state index in [1.165, 1.54) is 22.2 Å². The van der Waals surface area contributed by atoms with Gasteiger partial charge in [0, 0.05) is 34.4 Å². The SMILES string of the molecule is Cc1c(C)n(CC(C)C)c2c(-c3ccc(Cl)cc3)nccc12.Cl. The first-order valence-electron chi connectivity index (χ1n) is 7.69. The van der Waals surface area contributed by atoms with Crippen LogP contribution in [0.25, 0.3) is 22.2 Å². The average Bonchev–Trinajstić information content (AvgIpc) is 2.73. The summed E-state index contributed by atoms with van der Waals surface area (Å²) in [6.07, 6.45) is 1.90. The van der Waals surface area contributed by atoms with Crippen molar-refractivity contribution in [2.24, 2.45) is 5.92 Å². The van der Waals surface area contributed by atoms with Crippen molar-refractivity contribution >= 4 is 34.9 Å². The van der Waals surface area contributed by atoms with Gasteiger partial charge in [0.2, 0.25) is 0 Å². The summed E-state index contributed by atoms with van der Waals surface area (Å²) in [5.41, 5.74) is 6.04. The molecule has 4 heteroatoms. The summed E-state index contributed by atoms with van der Waals surface area (Å²) in [7, 11) is 0. The van der Waals surface area contributed by atoms with Gasteiger partial charge in [0.15, 0.2) is 0 Å². The third-order valence-electron chi connectivity index (χ3n) is 4.21. The van der Waals surface area contributed by atoms with E-state index in [1.54, 1.807) is 0 Å². The van der Waals surface area contributed by atoms with Crippen LogP contribution in [-0.2, 0) is 6.54 Å². The van der Waals surface area contributed by atoms with E-state index in [0.29, 0.717) is 5.92 Å². The zero-order chi connectivity index (χ0) is 15.9. The minimum Gasteiger partial charge on any atom is -0.343 e. The highest BCUT2D eigenvalue weighted by Crippen LogP contribution is 2.33. The molecular formula is C19H22Cl2N2. The van der Waals surface area contributed by atoms with Crippen molar-refractivity contribution < 1.29 is 0 Å². The molecule has 2 heterocycles.